The maximum absolute atomic E-state index is 12.7. The molecule has 140 valence electrons. The molecule has 2 aromatic rings. The third-order valence-electron chi connectivity index (χ3n) is 4.43. The minimum atomic E-state index is -3.75. The van der Waals surface area contributed by atoms with Gasteiger partial charge in [-0.15, -0.1) is 11.3 Å². The van der Waals surface area contributed by atoms with Crippen molar-refractivity contribution in [3.05, 3.63) is 46.3 Å². The van der Waals surface area contributed by atoms with Crippen LogP contribution in [-0.2, 0) is 27.6 Å². The van der Waals surface area contributed by atoms with Crippen molar-refractivity contribution >= 4 is 32.3 Å². The van der Waals surface area contributed by atoms with Crippen LogP contribution in [0.4, 0.5) is 5.00 Å². The lowest BCUT2D eigenvalue weighted by Gasteiger charge is -2.18. The van der Waals surface area contributed by atoms with Gasteiger partial charge in [0.15, 0.2) is 0 Å². The molecule has 0 aliphatic heterocycles. The smallest absolute Gasteiger partial charge is 0.341 e. The number of carbonyl (C=O) groups is 1. The van der Waals surface area contributed by atoms with Crippen molar-refractivity contribution in [1.82, 2.24) is 0 Å². The molecule has 0 saturated heterocycles. The van der Waals surface area contributed by atoms with Gasteiger partial charge in [-0.3, -0.25) is 4.72 Å². The molecule has 0 spiro atoms. The molecule has 0 unspecified atom stereocenters. The van der Waals surface area contributed by atoms with E-state index >= 15 is 0 Å². The molecule has 3 rings (SSSR count). The zero-order valence-electron chi connectivity index (χ0n) is 14.9. The Kier molecular flexibility index (Phi) is 5.67. The van der Waals surface area contributed by atoms with Gasteiger partial charge in [-0.1, -0.05) is 32.0 Å². The Morgan fingerprint density at radius 2 is 2.04 bits per heavy atom. The van der Waals surface area contributed by atoms with Crippen molar-refractivity contribution in [2.24, 2.45) is 5.92 Å². The first-order valence-corrected chi connectivity index (χ1v) is 11.1. The number of rotatable bonds is 6. The summed E-state index contributed by atoms with van der Waals surface area (Å²) in [6.07, 6.45) is 3.35. The van der Waals surface area contributed by atoms with Crippen LogP contribution in [0.3, 0.4) is 0 Å². The summed E-state index contributed by atoms with van der Waals surface area (Å²) in [5.74, 6) is 0.0870. The number of fused-ring (bicyclic) bond motifs is 1. The molecule has 0 bridgehead atoms. The van der Waals surface area contributed by atoms with Crippen LogP contribution in [0.15, 0.2) is 35.2 Å². The van der Waals surface area contributed by atoms with Gasteiger partial charge in [-0.05, 0) is 49.3 Å². The summed E-state index contributed by atoms with van der Waals surface area (Å²) >= 11 is 1.36. The van der Waals surface area contributed by atoms with Crippen molar-refractivity contribution in [2.75, 3.05) is 11.3 Å². The molecule has 1 aliphatic rings. The Morgan fingerprint density at radius 1 is 1.31 bits per heavy atom. The highest BCUT2D eigenvalue weighted by Gasteiger charge is 2.30. The molecule has 0 fully saturated rings. The van der Waals surface area contributed by atoms with Crippen LogP contribution >= 0.6 is 11.3 Å². The molecule has 7 heteroatoms. The molecule has 26 heavy (non-hydrogen) atoms. The first-order chi connectivity index (χ1) is 12.4. The fourth-order valence-corrected chi connectivity index (χ4v) is 5.81. The van der Waals surface area contributed by atoms with E-state index in [4.69, 9.17) is 4.74 Å². The van der Waals surface area contributed by atoms with E-state index in [1.165, 1.54) is 23.5 Å². The number of nitrogens with one attached hydrogen (secondary N) is 1. The van der Waals surface area contributed by atoms with Crippen molar-refractivity contribution in [2.45, 2.75) is 44.4 Å². The van der Waals surface area contributed by atoms with Crippen LogP contribution in [0.5, 0.6) is 0 Å². The average molecular weight is 394 g/mol. The van der Waals surface area contributed by atoms with E-state index in [2.05, 4.69) is 11.6 Å². The van der Waals surface area contributed by atoms with Gasteiger partial charge in [-0.2, -0.15) is 0 Å². The fraction of sp³-hybridized carbons (Fsp3) is 0.421. The average Bonchev–Trinajstić information content (AvgIpc) is 2.96. The fourth-order valence-electron chi connectivity index (χ4n) is 3.09. The first kappa shape index (κ1) is 18.9. The maximum atomic E-state index is 12.7. The minimum Gasteiger partial charge on any atom is -0.462 e. The molecule has 1 N–H and O–H groups in total. The summed E-state index contributed by atoms with van der Waals surface area (Å²) in [6, 6.07) is 8.18. The lowest BCUT2D eigenvalue weighted by molar-refractivity contribution is 0.0505. The summed E-state index contributed by atoms with van der Waals surface area (Å²) in [7, 11) is -3.75. The van der Waals surface area contributed by atoms with Gasteiger partial charge in [0.1, 0.15) is 5.00 Å². The van der Waals surface area contributed by atoms with E-state index in [1.54, 1.807) is 18.2 Å². The highest BCUT2D eigenvalue weighted by molar-refractivity contribution is 7.93. The molecule has 1 aromatic heterocycles. The third kappa shape index (κ3) is 3.94. The number of hydrogen-bond acceptors (Lipinski definition) is 5. The van der Waals surface area contributed by atoms with E-state index < -0.39 is 16.0 Å². The summed E-state index contributed by atoms with van der Waals surface area (Å²) in [5.41, 5.74) is 1.34. The van der Waals surface area contributed by atoms with E-state index in [9.17, 15) is 13.2 Å². The molecule has 0 saturated carbocycles. The van der Waals surface area contributed by atoms with E-state index in [0.717, 1.165) is 36.1 Å². The number of thiophene rings is 1. The summed E-state index contributed by atoms with van der Waals surface area (Å²) in [6.45, 7) is 4.42. The SMILES string of the molecule is CCCOC(=O)c1c(NS(=O)(=O)c2ccccc2)sc2c1CC[C@@H](C)C2. The van der Waals surface area contributed by atoms with Gasteiger partial charge in [-0.25, -0.2) is 13.2 Å². The van der Waals surface area contributed by atoms with Crippen molar-refractivity contribution in [3.8, 4) is 0 Å². The van der Waals surface area contributed by atoms with Gasteiger partial charge < -0.3 is 4.74 Å². The Labute approximate surface area is 158 Å². The van der Waals surface area contributed by atoms with Crippen LogP contribution in [0.25, 0.3) is 0 Å². The number of ether oxygens (including phenoxy) is 1. The Morgan fingerprint density at radius 3 is 2.73 bits per heavy atom. The zero-order chi connectivity index (χ0) is 18.7. The van der Waals surface area contributed by atoms with Crippen molar-refractivity contribution in [1.29, 1.82) is 0 Å². The van der Waals surface area contributed by atoms with Crippen LogP contribution in [0.2, 0.25) is 0 Å². The van der Waals surface area contributed by atoms with Gasteiger partial charge in [0.2, 0.25) is 0 Å². The third-order valence-corrected chi connectivity index (χ3v) is 7.10. The topological polar surface area (TPSA) is 72.5 Å². The largest absolute Gasteiger partial charge is 0.462 e. The Balaban J connectivity index is 1.99. The minimum absolute atomic E-state index is 0.174. The summed E-state index contributed by atoms with van der Waals surface area (Å²) in [4.78, 5) is 13.9. The highest BCUT2D eigenvalue weighted by atomic mass is 32.2. The predicted octanol–water partition coefficient (Wildman–Crippen LogP) is 4.24. The van der Waals surface area contributed by atoms with Crippen LogP contribution in [-0.4, -0.2) is 21.0 Å². The summed E-state index contributed by atoms with van der Waals surface area (Å²) < 4.78 is 33.4. The predicted molar refractivity (Wildman–Crippen MR) is 103 cm³/mol. The molecule has 1 aliphatic carbocycles. The number of carbonyl (C=O) groups excluding carboxylic acids is 1. The van der Waals surface area contributed by atoms with E-state index in [0.29, 0.717) is 23.1 Å². The molecular formula is C19H23NO4S2. The van der Waals surface area contributed by atoms with Crippen LogP contribution in [0, 0.1) is 5.92 Å². The molecule has 1 atom stereocenters. The molecule has 1 aromatic carbocycles. The normalized spacial score (nSPS) is 16.8. The second kappa shape index (κ2) is 7.80. The highest BCUT2D eigenvalue weighted by Crippen LogP contribution is 2.40. The van der Waals surface area contributed by atoms with Crippen molar-refractivity contribution < 1.29 is 17.9 Å². The molecule has 0 radical (unpaired) electrons. The Hall–Kier alpha value is -1.86. The standard InChI is InChI=1S/C19H23NO4S2/c1-3-11-24-19(21)17-15-10-9-13(2)12-16(15)25-18(17)20-26(22,23)14-7-5-4-6-8-14/h4-8,13,20H,3,9-12H2,1-2H3/t13-/m1/s1. The van der Waals surface area contributed by atoms with Crippen LogP contribution in [0.1, 0.15) is 47.5 Å². The molecule has 0 amide bonds. The van der Waals surface area contributed by atoms with Gasteiger partial charge >= 0.3 is 5.97 Å². The van der Waals surface area contributed by atoms with E-state index in [1.807, 2.05) is 6.92 Å². The van der Waals surface area contributed by atoms with Gasteiger partial charge in [0, 0.05) is 4.88 Å². The quantitative estimate of drug-likeness (QED) is 0.745. The lowest BCUT2D eigenvalue weighted by atomic mass is 9.88. The number of esters is 1. The maximum Gasteiger partial charge on any atom is 0.341 e. The van der Waals surface area contributed by atoms with E-state index in [-0.39, 0.29) is 4.90 Å². The van der Waals surface area contributed by atoms with Crippen LogP contribution < -0.4 is 4.72 Å². The van der Waals surface area contributed by atoms with Gasteiger partial charge in [0.05, 0.1) is 17.1 Å². The monoisotopic (exact) mass is 393 g/mol. The Bertz CT molecular complexity index is 888. The van der Waals surface area contributed by atoms with Crippen molar-refractivity contribution in [3.63, 3.8) is 0 Å². The van der Waals surface area contributed by atoms with Gasteiger partial charge in [0.25, 0.3) is 10.0 Å². The lowest BCUT2D eigenvalue weighted by Crippen LogP contribution is -2.17. The first-order valence-electron chi connectivity index (χ1n) is 8.82. The number of benzene rings is 1. The second-order valence-electron chi connectivity index (χ2n) is 6.61. The molecule has 1 heterocycles. The second-order valence-corrected chi connectivity index (χ2v) is 9.40. The summed E-state index contributed by atoms with van der Waals surface area (Å²) in [5, 5.41) is 0.369. The molecular weight excluding hydrogens is 370 g/mol. The number of sulfonamides is 1. The number of hydrogen-bond donors (Lipinski definition) is 1. The molecule has 5 nitrogen and oxygen atoms in total. The number of anilines is 1. The zero-order valence-corrected chi connectivity index (χ0v) is 16.6.